The summed E-state index contributed by atoms with van der Waals surface area (Å²) < 4.78 is 31.7. The maximum Gasteiger partial charge on any atom is 0.243 e. The fourth-order valence-corrected chi connectivity index (χ4v) is 3.47. The molecule has 1 aromatic rings. The molecule has 1 aliphatic rings. The summed E-state index contributed by atoms with van der Waals surface area (Å²) in [6.45, 7) is 2.78. The van der Waals surface area contributed by atoms with E-state index in [0.29, 0.717) is 18.0 Å². The van der Waals surface area contributed by atoms with Crippen LogP contribution in [0.2, 0.25) is 0 Å². The van der Waals surface area contributed by atoms with E-state index in [2.05, 4.69) is 0 Å². The Hall–Kier alpha value is -1.11. The van der Waals surface area contributed by atoms with Gasteiger partial charge in [-0.15, -0.1) is 0 Å². The smallest absolute Gasteiger partial charge is 0.243 e. The van der Waals surface area contributed by atoms with Crippen molar-refractivity contribution in [1.29, 1.82) is 0 Å². The summed E-state index contributed by atoms with van der Waals surface area (Å²) in [4.78, 5) is 0.305. The Labute approximate surface area is 114 Å². The van der Waals surface area contributed by atoms with Gasteiger partial charge in [0, 0.05) is 19.6 Å². The zero-order valence-corrected chi connectivity index (χ0v) is 12.1. The summed E-state index contributed by atoms with van der Waals surface area (Å²) in [5, 5.41) is 0. The first kappa shape index (κ1) is 14.3. The third-order valence-corrected chi connectivity index (χ3v) is 5.49. The van der Waals surface area contributed by atoms with Crippen molar-refractivity contribution < 1.29 is 13.2 Å². The third-order valence-electron chi connectivity index (χ3n) is 3.52. The van der Waals surface area contributed by atoms with Crippen LogP contribution in [0.4, 0.5) is 0 Å². The van der Waals surface area contributed by atoms with Crippen LogP contribution in [0, 0.1) is 0 Å². The van der Waals surface area contributed by atoms with E-state index in [-0.39, 0.29) is 6.04 Å². The van der Waals surface area contributed by atoms with Gasteiger partial charge in [-0.2, -0.15) is 4.31 Å². The third kappa shape index (κ3) is 2.75. The molecule has 1 aromatic carbocycles. The van der Waals surface area contributed by atoms with Gasteiger partial charge in [-0.25, -0.2) is 8.42 Å². The van der Waals surface area contributed by atoms with Crippen LogP contribution in [0.3, 0.4) is 0 Å². The Morgan fingerprint density at radius 2 is 2.21 bits per heavy atom. The van der Waals surface area contributed by atoms with E-state index in [4.69, 9.17) is 10.5 Å². The van der Waals surface area contributed by atoms with E-state index < -0.39 is 10.0 Å². The molecule has 0 spiro atoms. The van der Waals surface area contributed by atoms with Crippen LogP contribution in [0.1, 0.15) is 18.9 Å². The number of nitrogens with zero attached hydrogens (tertiary/aromatic N) is 1. The minimum atomic E-state index is -3.49. The normalized spacial score (nSPS) is 16.8. The number of hydrogen-bond donors (Lipinski definition) is 1. The average molecular weight is 284 g/mol. The summed E-state index contributed by atoms with van der Waals surface area (Å²) in [5.74, 6) is 0.791. The van der Waals surface area contributed by atoms with Crippen LogP contribution < -0.4 is 10.5 Å². The molecule has 0 fully saturated rings. The summed E-state index contributed by atoms with van der Waals surface area (Å²) in [6, 6.07) is 4.82. The zero-order valence-electron chi connectivity index (χ0n) is 11.3. The molecule has 1 atom stereocenters. The molecule has 0 aliphatic carbocycles. The molecule has 0 saturated heterocycles. The first-order valence-electron chi connectivity index (χ1n) is 6.40. The second-order valence-electron chi connectivity index (χ2n) is 4.83. The predicted molar refractivity (Wildman–Crippen MR) is 73.7 cm³/mol. The van der Waals surface area contributed by atoms with Crippen molar-refractivity contribution in [3.63, 3.8) is 0 Å². The molecule has 106 valence electrons. The van der Waals surface area contributed by atoms with Crippen LogP contribution in [-0.4, -0.2) is 39.0 Å². The van der Waals surface area contributed by atoms with Crippen molar-refractivity contribution in [3.05, 3.63) is 23.8 Å². The lowest BCUT2D eigenvalue weighted by Crippen LogP contribution is -2.39. The Morgan fingerprint density at radius 1 is 1.47 bits per heavy atom. The maximum atomic E-state index is 12.4. The fraction of sp³-hybridized carbons (Fsp3) is 0.538. The van der Waals surface area contributed by atoms with Crippen molar-refractivity contribution in [2.45, 2.75) is 30.7 Å². The van der Waals surface area contributed by atoms with Gasteiger partial charge in [0.25, 0.3) is 0 Å². The molecule has 0 aromatic heterocycles. The number of nitrogens with two attached hydrogens (primary N) is 1. The number of hydrogen-bond acceptors (Lipinski definition) is 4. The standard InChI is InChI=1S/C13H20N2O3S/c1-10(9-14)15(2)19(16,17)12-5-6-13-11(8-12)4-3-7-18-13/h5-6,8,10H,3-4,7,9,14H2,1-2H3. The van der Waals surface area contributed by atoms with E-state index in [1.54, 1.807) is 32.2 Å². The first-order valence-corrected chi connectivity index (χ1v) is 7.84. The van der Waals surface area contributed by atoms with Gasteiger partial charge in [-0.1, -0.05) is 0 Å². The van der Waals surface area contributed by atoms with E-state index >= 15 is 0 Å². The Morgan fingerprint density at radius 3 is 2.89 bits per heavy atom. The molecule has 2 N–H and O–H groups in total. The highest BCUT2D eigenvalue weighted by molar-refractivity contribution is 7.89. The largest absolute Gasteiger partial charge is 0.493 e. The molecule has 1 heterocycles. The van der Waals surface area contributed by atoms with E-state index in [9.17, 15) is 8.42 Å². The Bertz CT molecular complexity index is 557. The van der Waals surface area contributed by atoms with E-state index in [1.165, 1.54) is 4.31 Å². The molecular weight excluding hydrogens is 264 g/mol. The van der Waals surface area contributed by atoms with Crippen LogP contribution in [-0.2, 0) is 16.4 Å². The maximum absolute atomic E-state index is 12.4. The van der Waals surface area contributed by atoms with Gasteiger partial charge in [0.15, 0.2) is 0 Å². The number of aryl methyl sites for hydroxylation is 1. The summed E-state index contributed by atoms with van der Waals surface area (Å²) in [7, 11) is -1.93. The van der Waals surface area contributed by atoms with Crippen molar-refractivity contribution in [1.82, 2.24) is 4.31 Å². The van der Waals surface area contributed by atoms with Crippen LogP contribution in [0.25, 0.3) is 0 Å². The lowest BCUT2D eigenvalue weighted by atomic mass is 10.1. The van der Waals surface area contributed by atoms with E-state index in [0.717, 1.165) is 24.2 Å². The quantitative estimate of drug-likeness (QED) is 0.894. The highest BCUT2D eigenvalue weighted by Gasteiger charge is 2.25. The number of sulfonamides is 1. The summed E-state index contributed by atoms with van der Waals surface area (Å²) in [6.07, 6.45) is 1.78. The van der Waals surface area contributed by atoms with Crippen LogP contribution in [0.15, 0.2) is 23.1 Å². The minimum absolute atomic E-state index is 0.225. The monoisotopic (exact) mass is 284 g/mol. The van der Waals surface area contributed by atoms with Crippen LogP contribution >= 0.6 is 0 Å². The lowest BCUT2D eigenvalue weighted by molar-refractivity contribution is 0.288. The first-order chi connectivity index (χ1) is 8.96. The van der Waals surface area contributed by atoms with Crippen molar-refractivity contribution >= 4 is 10.0 Å². The molecule has 1 unspecified atom stereocenters. The van der Waals surface area contributed by atoms with Crippen molar-refractivity contribution in [2.24, 2.45) is 5.73 Å². The Balaban J connectivity index is 2.36. The van der Waals surface area contributed by atoms with Crippen LogP contribution in [0.5, 0.6) is 5.75 Å². The average Bonchev–Trinajstić information content (AvgIpc) is 2.45. The Kier molecular flexibility index (Phi) is 4.13. The molecule has 19 heavy (non-hydrogen) atoms. The second kappa shape index (κ2) is 5.48. The summed E-state index contributed by atoms with van der Waals surface area (Å²) >= 11 is 0. The molecule has 5 nitrogen and oxygen atoms in total. The second-order valence-corrected chi connectivity index (χ2v) is 6.83. The van der Waals surface area contributed by atoms with Gasteiger partial charge in [-0.05, 0) is 43.5 Å². The van der Waals surface area contributed by atoms with Crippen molar-refractivity contribution in [3.8, 4) is 5.75 Å². The molecule has 2 rings (SSSR count). The molecule has 0 saturated carbocycles. The number of rotatable bonds is 4. The highest BCUT2D eigenvalue weighted by Crippen LogP contribution is 2.28. The number of likely N-dealkylation sites (N-methyl/N-ethyl adjacent to an activating group) is 1. The zero-order chi connectivity index (χ0) is 14.0. The topological polar surface area (TPSA) is 72.6 Å². The fourth-order valence-electron chi connectivity index (χ4n) is 2.05. The lowest BCUT2D eigenvalue weighted by Gasteiger charge is -2.24. The molecular formula is C13H20N2O3S. The molecule has 0 radical (unpaired) electrons. The highest BCUT2D eigenvalue weighted by atomic mass is 32.2. The predicted octanol–water partition coefficient (Wildman–Crippen LogP) is 0.979. The molecule has 6 heteroatoms. The van der Waals surface area contributed by atoms with Gasteiger partial charge in [-0.3, -0.25) is 0 Å². The van der Waals surface area contributed by atoms with Gasteiger partial charge in [0.2, 0.25) is 10.0 Å². The van der Waals surface area contributed by atoms with Gasteiger partial charge in [0.1, 0.15) is 5.75 Å². The molecule has 0 bridgehead atoms. The summed E-state index contributed by atoms with van der Waals surface area (Å²) in [5.41, 5.74) is 6.49. The minimum Gasteiger partial charge on any atom is -0.493 e. The molecule has 1 aliphatic heterocycles. The van der Waals surface area contributed by atoms with Gasteiger partial charge >= 0.3 is 0 Å². The number of benzene rings is 1. The van der Waals surface area contributed by atoms with Crippen molar-refractivity contribution in [2.75, 3.05) is 20.2 Å². The van der Waals surface area contributed by atoms with Gasteiger partial charge in [0.05, 0.1) is 11.5 Å². The van der Waals surface area contributed by atoms with E-state index in [1.807, 2.05) is 0 Å². The number of ether oxygens (including phenoxy) is 1. The SMILES string of the molecule is CC(CN)N(C)S(=O)(=O)c1ccc2c(c1)CCCO2. The number of fused-ring (bicyclic) bond motifs is 1. The van der Waals surface area contributed by atoms with Gasteiger partial charge < -0.3 is 10.5 Å². The molecule has 0 amide bonds.